The molecule has 1 saturated heterocycles. The van der Waals surface area contributed by atoms with Crippen molar-refractivity contribution in [2.45, 2.75) is 49.2 Å². The number of likely N-dealkylation sites (N-methyl/N-ethyl adjacent to an activating group) is 1. The van der Waals surface area contributed by atoms with E-state index in [0.717, 1.165) is 18.9 Å². The molecule has 1 unspecified atom stereocenters. The molecule has 210 valence electrons. The van der Waals surface area contributed by atoms with Crippen LogP contribution in [0, 0.1) is 12.7 Å². The molecule has 0 amide bonds. The standard InChI is InChI=1S/C27H31F4N5O2S/c1-19-14-22(16-23(28)25(19)39(37,38)34-24-9-12-32-18-33-24)36-13-5-10-26(17-36,35(2)3)11-8-20-6-4-7-21(15-20)27(29,30)31/h4,6-7,9,12,14-16,18H,5,8,10-11,13,17H2,1-3H3,(H,32,33,34). The number of halogens is 4. The minimum Gasteiger partial charge on any atom is -0.370 e. The van der Waals surface area contributed by atoms with Gasteiger partial charge in [0.1, 0.15) is 22.9 Å². The van der Waals surface area contributed by atoms with Crippen LogP contribution in [-0.2, 0) is 22.6 Å². The topological polar surface area (TPSA) is 78.4 Å². The second kappa shape index (κ2) is 11.1. The second-order valence-corrected chi connectivity index (χ2v) is 11.7. The van der Waals surface area contributed by atoms with Gasteiger partial charge in [0.05, 0.1) is 5.56 Å². The first kappa shape index (κ1) is 28.8. The number of aromatic nitrogens is 2. The molecule has 1 aliphatic heterocycles. The zero-order valence-electron chi connectivity index (χ0n) is 22.0. The molecule has 1 aliphatic rings. The third kappa shape index (κ3) is 6.50. The van der Waals surface area contributed by atoms with E-state index in [1.807, 2.05) is 19.0 Å². The van der Waals surface area contributed by atoms with Crippen molar-refractivity contribution in [3.8, 4) is 0 Å². The zero-order chi connectivity index (χ0) is 28.4. The van der Waals surface area contributed by atoms with Crippen LogP contribution in [0.1, 0.15) is 36.0 Å². The number of sulfonamides is 1. The average molecular weight is 566 g/mol. The Labute approximate surface area is 225 Å². The lowest BCUT2D eigenvalue weighted by Crippen LogP contribution is -2.56. The van der Waals surface area contributed by atoms with Crippen molar-refractivity contribution >= 4 is 21.5 Å². The molecule has 7 nitrogen and oxygen atoms in total. The minimum atomic E-state index is -4.40. The number of benzene rings is 2. The monoisotopic (exact) mass is 565 g/mol. The highest BCUT2D eigenvalue weighted by atomic mass is 32.2. The number of piperidine rings is 1. The summed E-state index contributed by atoms with van der Waals surface area (Å²) in [5, 5.41) is 0. The summed E-state index contributed by atoms with van der Waals surface area (Å²) < 4.78 is 83.0. The third-order valence-electron chi connectivity index (χ3n) is 7.31. The Morgan fingerprint density at radius 2 is 1.92 bits per heavy atom. The lowest BCUT2D eigenvalue weighted by atomic mass is 9.82. The molecule has 39 heavy (non-hydrogen) atoms. The Kier molecular flexibility index (Phi) is 8.17. The Morgan fingerprint density at radius 1 is 1.15 bits per heavy atom. The summed E-state index contributed by atoms with van der Waals surface area (Å²) in [7, 11) is -0.353. The predicted octanol–water partition coefficient (Wildman–Crippen LogP) is 5.28. The molecule has 0 aliphatic carbocycles. The first-order valence-corrected chi connectivity index (χ1v) is 14.0. The Morgan fingerprint density at radius 3 is 2.56 bits per heavy atom. The van der Waals surface area contributed by atoms with Gasteiger partial charge in [0.15, 0.2) is 0 Å². The van der Waals surface area contributed by atoms with Crippen LogP contribution in [0.15, 0.2) is 59.9 Å². The highest BCUT2D eigenvalue weighted by molar-refractivity contribution is 7.92. The summed E-state index contributed by atoms with van der Waals surface area (Å²) in [6.45, 7) is 2.70. The van der Waals surface area contributed by atoms with E-state index in [1.54, 1.807) is 12.1 Å². The van der Waals surface area contributed by atoms with Crippen molar-refractivity contribution in [3.63, 3.8) is 0 Å². The van der Waals surface area contributed by atoms with Crippen LogP contribution in [0.5, 0.6) is 0 Å². The van der Waals surface area contributed by atoms with Crippen molar-refractivity contribution in [2.24, 2.45) is 0 Å². The molecule has 12 heteroatoms. The highest BCUT2D eigenvalue weighted by Gasteiger charge is 2.38. The van der Waals surface area contributed by atoms with Gasteiger partial charge in [-0.15, -0.1) is 0 Å². The van der Waals surface area contributed by atoms with Gasteiger partial charge in [0, 0.05) is 30.5 Å². The summed E-state index contributed by atoms with van der Waals surface area (Å²) in [5.74, 6) is -0.850. The molecule has 0 spiro atoms. The molecule has 1 atom stereocenters. The van der Waals surface area contributed by atoms with E-state index in [-0.39, 0.29) is 16.9 Å². The molecule has 1 aromatic heterocycles. The third-order valence-corrected chi connectivity index (χ3v) is 8.84. The smallest absolute Gasteiger partial charge is 0.370 e. The highest BCUT2D eigenvalue weighted by Crippen LogP contribution is 2.36. The normalized spacial score (nSPS) is 18.4. The van der Waals surface area contributed by atoms with E-state index in [9.17, 15) is 21.6 Å². The van der Waals surface area contributed by atoms with Crippen LogP contribution in [-0.4, -0.2) is 56.0 Å². The fraction of sp³-hybridized carbons (Fsp3) is 0.407. The van der Waals surface area contributed by atoms with E-state index in [4.69, 9.17) is 0 Å². The Balaban J connectivity index is 1.56. The van der Waals surface area contributed by atoms with E-state index in [0.29, 0.717) is 37.2 Å². The second-order valence-electron chi connectivity index (χ2n) is 10.1. The first-order valence-electron chi connectivity index (χ1n) is 12.5. The largest absolute Gasteiger partial charge is 0.416 e. The molecule has 1 N–H and O–H groups in total. The number of rotatable bonds is 8. The fourth-order valence-electron chi connectivity index (χ4n) is 5.18. The molecular weight excluding hydrogens is 534 g/mol. The minimum absolute atomic E-state index is 0.0282. The maximum absolute atomic E-state index is 15.3. The quantitative estimate of drug-likeness (QED) is 0.375. The number of nitrogens with one attached hydrogen (secondary N) is 1. The first-order chi connectivity index (χ1) is 18.3. The number of hydrogen-bond donors (Lipinski definition) is 1. The molecule has 1 fully saturated rings. The number of alkyl halides is 3. The van der Waals surface area contributed by atoms with E-state index in [1.165, 1.54) is 43.7 Å². The van der Waals surface area contributed by atoms with Crippen LogP contribution in [0.25, 0.3) is 0 Å². The van der Waals surface area contributed by atoms with E-state index in [2.05, 4.69) is 19.6 Å². The Bertz CT molecular complexity index is 1390. The summed E-state index contributed by atoms with van der Waals surface area (Å²) in [6, 6.07) is 9.62. The maximum Gasteiger partial charge on any atom is 0.416 e. The van der Waals surface area contributed by atoms with Gasteiger partial charge in [-0.25, -0.2) is 22.8 Å². The van der Waals surface area contributed by atoms with Crippen molar-refractivity contribution in [1.29, 1.82) is 0 Å². The molecule has 2 heterocycles. The number of aryl methyl sites for hydroxylation is 2. The molecule has 0 saturated carbocycles. The molecule has 0 radical (unpaired) electrons. The number of hydrogen-bond acceptors (Lipinski definition) is 6. The van der Waals surface area contributed by atoms with Crippen LogP contribution in [0.3, 0.4) is 0 Å². The van der Waals surface area contributed by atoms with Crippen LogP contribution in [0.2, 0.25) is 0 Å². The van der Waals surface area contributed by atoms with Gasteiger partial charge in [-0.3, -0.25) is 4.72 Å². The molecule has 2 aromatic carbocycles. The SMILES string of the molecule is Cc1cc(N2CCCC(CCc3cccc(C(F)(F)F)c3)(N(C)C)C2)cc(F)c1S(=O)(=O)Nc1ccncn1. The number of nitrogens with zero attached hydrogens (tertiary/aromatic N) is 4. The summed E-state index contributed by atoms with van der Waals surface area (Å²) >= 11 is 0. The van der Waals surface area contributed by atoms with Crippen LogP contribution >= 0.6 is 0 Å². The molecule has 4 rings (SSSR count). The van der Waals surface area contributed by atoms with Gasteiger partial charge in [-0.1, -0.05) is 18.2 Å². The van der Waals surface area contributed by atoms with Gasteiger partial charge in [-0.05, 0) is 82.1 Å². The number of anilines is 2. The van der Waals surface area contributed by atoms with Crippen molar-refractivity contribution in [2.75, 3.05) is 36.8 Å². The van der Waals surface area contributed by atoms with Gasteiger partial charge < -0.3 is 9.80 Å². The summed E-state index contributed by atoms with van der Waals surface area (Å²) in [5.41, 5.74) is 0.374. The lowest BCUT2D eigenvalue weighted by molar-refractivity contribution is -0.137. The van der Waals surface area contributed by atoms with Crippen molar-refractivity contribution < 1.29 is 26.0 Å². The van der Waals surface area contributed by atoms with Crippen LogP contribution < -0.4 is 9.62 Å². The van der Waals surface area contributed by atoms with Gasteiger partial charge >= 0.3 is 6.18 Å². The van der Waals surface area contributed by atoms with Gasteiger partial charge in [0.2, 0.25) is 0 Å². The predicted molar refractivity (Wildman–Crippen MR) is 142 cm³/mol. The average Bonchev–Trinajstić information content (AvgIpc) is 2.87. The van der Waals surface area contributed by atoms with Crippen LogP contribution in [0.4, 0.5) is 29.1 Å². The van der Waals surface area contributed by atoms with Gasteiger partial charge in [0.25, 0.3) is 10.0 Å². The van der Waals surface area contributed by atoms with E-state index >= 15 is 4.39 Å². The van der Waals surface area contributed by atoms with Crippen molar-refractivity contribution in [3.05, 3.63) is 77.5 Å². The Hall–Kier alpha value is -3.25. The van der Waals surface area contributed by atoms with Gasteiger partial charge in [-0.2, -0.15) is 13.2 Å². The molecule has 3 aromatic rings. The van der Waals surface area contributed by atoms with Crippen molar-refractivity contribution in [1.82, 2.24) is 14.9 Å². The summed E-state index contributed by atoms with van der Waals surface area (Å²) in [4.78, 5) is 11.2. The molecular formula is C27H31F4N5O2S. The zero-order valence-corrected chi connectivity index (χ0v) is 22.8. The maximum atomic E-state index is 15.3. The lowest BCUT2D eigenvalue weighted by Gasteiger charge is -2.48. The fourth-order valence-corrected chi connectivity index (χ4v) is 6.48. The van der Waals surface area contributed by atoms with E-state index < -0.39 is 32.5 Å². The summed E-state index contributed by atoms with van der Waals surface area (Å²) in [6.07, 6.45) is 0.831. The molecule has 0 bridgehead atoms.